The van der Waals surface area contributed by atoms with Crippen LogP contribution in [0.25, 0.3) is 0 Å². The number of hydrogen-bond acceptors (Lipinski definition) is 4. The van der Waals surface area contributed by atoms with Crippen LogP contribution in [0.1, 0.15) is 37.5 Å². The molecule has 5 nitrogen and oxygen atoms in total. The molecule has 0 unspecified atom stereocenters. The van der Waals surface area contributed by atoms with Gasteiger partial charge in [0.15, 0.2) is 0 Å². The molecule has 0 fully saturated rings. The number of carbonyl (C=O) groups is 2. The summed E-state index contributed by atoms with van der Waals surface area (Å²) in [7, 11) is 0. The number of nitriles is 1. The van der Waals surface area contributed by atoms with Gasteiger partial charge in [0.1, 0.15) is 5.57 Å². The maximum Gasteiger partial charge on any atom is 0.343 e. The largest absolute Gasteiger partial charge is 0.462 e. The lowest BCUT2D eigenvalue weighted by Gasteiger charge is -2.34. The molecule has 5 heteroatoms. The average molecular weight is 388 g/mol. The predicted octanol–water partition coefficient (Wildman–Crippen LogP) is 3.78. The van der Waals surface area contributed by atoms with Crippen molar-refractivity contribution in [2.75, 3.05) is 6.61 Å². The molecule has 0 radical (unpaired) electrons. The molecule has 1 aliphatic heterocycles. The molecule has 1 aliphatic rings. The second-order valence-electron chi connectivity index (χ2n) is 7.50. The first-order valence-corrected chi connectivity index (χ1v) is 9.64. The minimum Gasteiger partial charge on any atom is -0.462 e. The summed E-state index contributed by atoms with van der Waals surface area (Å²) in [6.45, 7) is 6.22. The lowest BCUT2D eigenvalue weighted by molar-refractivity contribution is -0.141. The van der Waals surface area contributed by atoms with Crippen LogP contribution in [0.4, 0.5) is 0 Å². The average Bonchev–Trinajstić information content (AvgIpc) is 2.89. The van der Waals surface area contributed by atoms with E-state index in [9.17, 15) is 14.9 Å². The zero-order valence-electron chi connectivity index (χ0n) is 16.9. The van der Waals surface area contributed by atoms with Crippen LogP contribution in [0.2, 0.25) is 0 Å². The van der Waals surface area contributed by atoms with E-state index >= 15 is 0 Å². The first-order chi connectivity index (χ1) is 13.9. The van der Waals surface area contributed by atoms with Gasteiger partial charge in [0.05, 0.1) is 23.8 Å². The van der Waals surface area contributed by atoms with Crippen LogP contribution in [0.3, 0.4) is 0 Å². The Labute approximate surface area is 171 Å². The van der Waals surface area contributed by atoms with Crippen LogP contribution in [0, 0.1) is 11.3 Å². The van der Waals surface area contributed by atoms with Crippen molar-refractivity contribution in [3.63, 3.8) is 0 Å². The van der Waals surface area contributed by atoms with Crippen LogP contribution in [0.15, 0.2) is 65.7 Å². The van der Waals surface area contributed by atoms with Gasteiger partial charge in [-0.1, -0.05) is 42.5 Å². The van der Waals surface area contributed by atoms with E-state index < -0.39 is 11.5 Å². The maximum absolute atomic E-state index is 13.3. The van der Waals surface area contributed by atoms with Gasteiger partial charge in [-0.05, 0) is 56.0 Å². The van der Waals surface area contributed by atoms with Gasteiger partial charge in [0, 0.05) is 6.54 Å². The minimum atomic E-state index is -0.669. The number of hydrogen-bond donors (Lipinski definition) is 0. The van der Waals surface area contributed by atoms with Gasteiger partial charge in [0.25, 0.3) is 5.91 Å². The Balaban J connectivity index is 2.02. The van der Waals surface area contributed by atoms with Crippen molar-refractivity contribution < 1.29 is 14.3 Å². The molecule has 0 aliphatic carbocycles. The Bertz CT molecular complexity index is 1000. The predicted molar refractivity (Wildman–Crippen MR) is 110 cm³/mol. The molecule has 0 bridgehead atoms. The summed E-state index contributed by atoms with van der Waals surface area (Å²) in [4.78, 5) is 27.7. The Morgan fingerprint density at radius 2 is 1.79 bits per heavy atom. The summed E-state index contributed by atoms with van der Waals surface area (Å²) in [6.07, 6.45) is 0.397. The van der Waals surface area contributed by atoms with Crippen molar-refractivity contribution >= 4 is 11.9 Å². The Morgan fingerprint density at radius 1 is 1.10 bits per heavy atom. The van der Waals surface area contributed by atoms with Gasteiger partial charge in [-0.2, -0.15) is 5.26 Å². The van der Waals surface area contributed by atoms with Crippen LogP contribution < -0.4 is 0 Å². The zero-order valence-corrected chi connectivity index (χ0v) is 16.9. The number of rotatable bonds is 6. The second kappa shape index (κ2) is 8.32. The molecule has 0 atom stereocenters. The molecule has 0 aromatic heterocycles. The molecule has 148 valence electrons. The summed E-state index contributed by atoms with van der Waals surface area (Å²) in [5.41, 5.74) is 2.57. The number of benzene rings is 2. The third-order valence-electron chi connectivity index (χ3n) is 5.27. The van der Waals surface area contributed by atoms with E-state index in [0.29, 0.717) is 24.1 Å². The van der Waals surface area contributed by atoms with Crippen molar-refractivity contribution in [2.24, 2.45) is 0 Å². The summed E-state index contributed by atoms with van der Waals surface area (Å²) in [5, 5.41) is 9.19. The quantitative estimate of drug-likeness (QED) is 0.558. The highest BCUT2D eigenvalue weighted by atomic mass is 16.5. The summed E-state index contributed by atoms with van der Waals surface area (Å²) >= 11 is 0. The van der Waals surface area contributed by atoms with Gasteiger partial charge < -0.3 is 9.64 Å². The van der Waals surface area contributed by atoms with E-state index in [2.05, 4.69) is 6.07 Å². The highest BCUT2D eigenvalue weighted by Gasteiger charge is 2.47. The number of esters is 1. The lowest BCUT2D eigenvalue weighted by atomic mass is 9.87. The topological polar surface area (TPSA) is 70.4 Å². The fourth-order valence-corrected chi connectivity index (χ4v) is 3.70. The Morgan fingerprint density at radius 3 is 2.45 bits per heavy atom. The molecule has 2 aromatic carbocycles. The zero-order chi connectivity index (χ0) is 21.0. The molecule has 29 heavy (non-hydrogen) atoms. The van der Waals surface area contributed by atoms with Crippen molar-refractivity contribution in [1.29, 1.82) is 5.26 Å². The standard InChI is InChI=1S/C24H24N2O3/c1-4-29-23(28)21-20(14-18-11-8-12-19(13-18)15-25)24(2,3)26(22(21)27)16-17-9-6-5-7-10-17/h5-13H,4,14,16H2,1-3H3. The molecule has 0 saturated carbocycles. The highest BCUT2D eigenvalue weighted by molar-refractivity contribution is 6.19. The Kier molecular flexibility index (Phi) is 5.84. The molecule has 3 rings (SSSR count). The number of ether oxygens (including phenoxy) is 1. The molecule has 0 spiro atoms. The van der Waals surface area contributed by atoms with Gasteiger partial charge in [-0.3, -0.25) is 4.79 Å². The smallest absolute Gasteiger partial charge is 0.343 e. The van der Waals surface area contributed by atoms with Crippen LogP contribution >= 0.6 is 0 Å². The van der Waals surface area contributed by atoms with E-state index in [-0.39, 0.29) is 18.1 Å². The van der Waals surface area contributed by atoms with E-state index in [4.69, 9.17) is 4.74 Å². The van der Waals surface area contributed by atoms with E-state index in [1.807, 2.05) is 56.3 Å². The highest BCUT2D eigenvalue weighted by Crippen LogP contribution is 2.39. The molecule has 1 heterocycles. The molecular weight excluding hydrogens is 364 g/mol. The van der Waals surface area contributed by atoms with Crippen molar-refractivity contribution in [2.45, 2.75) is 39.3 Å². The minimum absolute atomic E-state index is 0.107. The summed E-state index contributed by atoms with van der Waals surface area (Å²) in [5.74, 6) is -0.906. The van der Waals surface area contributed by atoms with Crippen LogP contribution in [-0.4, -0.2) is 28.9 Å². The number of nitrogens with zero attached hydrogens (tertiary/aromatic N) is 2. The summed E-state index contributed by atoms with van der Waals surface area (Å²) < 4.78 is 5.20. The Hall–Kier alpha value is -3.39. The van der Waals surface area contributed by atoms with Crippen LogP contribution in [-0.2, 0) is 27.3 Å². The number of carbonyl (C=O) groups excluding carboxylic acids is 2. The normalized spacial score (nSPS) is 15.4. The van der Waals surface area contributed by atoms with Crippen molar-refractivity contribution in [3.8, 4) is 6.07 Å². The second-order valence-corrected chi connectivity index (χ2v) is 7.50. The molecule has 1 amide bonds. The molecule has 2 aromatic rings. The van der Waals surface area contributed by atoms with E-state index in [1.54, 1.807) is 24.0 Å². The SMILES string of the molecule is CCOC(=O)C1=C(Cc2cccc(C#N)c2)C(C)(C)N(Cc2ccccc2)C1=O. The van der Waals surface area contributed by atoms with Gasteiger partial charge in [-0.15, -0.1) is 0 Å². The van der Waals surface area contributed by atoms with Gasteiger partial charge in [0.2, 0.25) is 0 Å². The first-order valence-electron chi connectivity index (χ1n) is 9.64. The van der Waals surface area contributed by atoms with Crippen molar-refractivity contribution in [3.05, 3.63) is 82.4 Å². The molecule has 0 saturated heterocycles. The monoisotopic (exact) mass is 388 g/mol. The molecular formula is C24H24N2O3. The van der Waals surface area contributed by atoms with Gasteiger partial charge >= 0.3 is 5.97 Å². The summed E-state index contributed by atoms with van der Waals surface area (Å²) in [6, 6.07) is 19.1. The third kappa shape index (κ3) is 4.07. The number of amides is 1. The van der Waals surface area contributed by atoms with Crippen molar-refractivity contribution in [1.82, 2.24) is 4.90 Å². The third-order valence-corrected chi connectivity index (χ3v) is 5.27. The van der Waals surface area contributed by atoms with E-state index in [0.717, 1.165) is 11.1 Å². The molecule has 0 N–H and O–H groups in total. The fourth-order valence-electron chi connectivity index (χ4n) is 3.70. The fraction of sp³-hybridized carbons (Fsp3) is 0.292. The maximum atomic E-state index is 13.3. The van der Waals surface area contributed by atoms with Gasteiger partial charge in [-0.25, -0.2) is 4.79 Å². The van der Waals surface area contributed by atoms with E-state index in [1.165, 1.54) is 0 Å². The van der Waals surface area contributed by atoms with Crippen LogP contribution in [0.5, 0.6) is 0 Å². The lowest BCUT2D eigenvalue weighted by Crippen LogP contribution is -2.43. The first kappa shape index (κ1) is 20.3.